The van der Waals surface area contributed by atoms with Gasteiger partial charge in [-0.3, -0.25) is 0 Å². The average Bonchev–Trinajstić information content (AvgIpc) is 2.64. The minimum Gasteiger partial charge on any atom is -0.486 e. The molecule has 2 aromatic rings. The molecule has 25 heavy (non-hydrogen) atoms. The molecule has 0 bridgehead atoms. The maximum Gasteiger partial charge on any atom is 0.175 e. The Labute approximate surface area is 146 Å². The minimum absolute atomic E-state index is 0.00135. The molecule has 1 fully saturated rings. The van der Waals surface area contributed by atoms with Gasteiger partial charge in [-0.25, -0.2) is 13.2 Å². The Morgan fingerprint density at radius 2 is 1.80 bits per heavy atom. The van der Waals surface area contributed by atoms with Crippen molar-refractivity contribution in [2.24, 2.45) is 5.92 Å². The van der Waals surface area contributed by atoms with Crippen molar-refractivity contribution in [1.82, 2.24) is 0 Å². The molecule has 4 heteroatoms. The highest BCUT2D eigenvalue weighted by molar-refractivity contribution is 5.86. The van der Waals surface area contributed by atoms with Crippen LogP contribution in [0.15, 0.2) is 30.9 Å². The Kier molecular flexibility index (Phi) is 5.36. The number of halogens is 3. The molecule has 0 atom stereocenters. The van der Waals surface area contributed by atoms with Crippen molar-refractivity contribution in [3.05, 3.63) is 53.9 Å². The molecule has 1 aliphatic rings. The van der Waals surface area contributed by atoms with Crippen molar-refractivity contribution in [3.63, 3.8) is 0 Å². The highest BCUT2D eigenvalue weighted by atomic mass is 19.2. The summed E-state index contributed by atoms with van der Waals surface area (Å²) in [5.74, 6) is -2.33. The first-order valence-electron chi connectivity index (χ1n) is 8.90. The minimum atomic E-state index is -1.12. The second-order valence-corrected chi connectivity index (χ2v) is 6.80. The molecule has 1 nitrogen and oxygen atoms in total. The van der Waals surface area contributed by atoms with Gasteiger partial charge in [-0.05, 0) is 60.6 Å². The standard InChI is InChI=1S/C21H23F3O/c1-3-11-25-17-10-9-15-12-16(14-7-5-13(4-2)6-8-14)19(22)21(24)18(15)20(17)23/h3,9-10,12-14H,1,4-8,11H2,2H3. The normalized spacial score (nSPS) is 20.6. The molecule has 0 saturated heterocycles. The van der Waals surface area contributed by atoms with Crippen molar-refractivity contribution < 1.29 is 17.9 Å². The summed E-state index contributed by atoms with van der Waals surface area (Å²) in [6.45, 7) is 5.76. The number of hydrogen-bond donors (Lipinski definition) is 0. The summed E-state index contributed by atoms with van der Waals surface area (Å²) in [7, 11) is 0. The molecule has 2 aromatic carbocycles. The van der Waals surface area contributed by atoms with Crippen LogP contribution >= 0.6 is 0 Å². The molecule has 1 saturated carbocycles. The van der Waals surface area contributed by atoms with Gasteiger partial charge in [-0.2, -0.15) is 0 Å². The lowest BCUT2D eigenvalue weighted by molar-refractivity contribution is 0.313. The molecule has 0 aliphatic heterocycles. The van der Waals surface area contributed by atoms with Gasteiger partial charge >= 0.3 is 0 Å². The average molecular weight is 348 g/mol. The fraction of sp³-hybridized carbons (Fsp3) is 0.429. The quantitative estimate of drug-likeness (QED) is 0.560. The van der Waals surface area contributed by atoms with Crippen LogP contribution in [0.25, 0.3) is 10.8 Å². The van der Waals surface area contributed by atoms with Crippen molar-refractivity contribution in [2.45, 2.75) is 44.9 Å². The van der Waals surface area contributed by atoms with E-state index >= 15 is 0 Å². The van der Waals surface area contributed by atoms with E-state index in [4.69, 9.17) is 4.74 Å². The lowest BCUT2D eigenvalue weighted by atomic mass is 9.77. The van der Waals surface area contributed by atoms with E-state index in [1.165, 1.54) is 12.1 Å². The van der Waals surface area contributed by atoms with Gasteiger partial charge in [0.05, 0.1) is 5.39 Å². The van der Waals surface area contributed by atoms with E-state index in [0.717, 1.165) is 32.1 Å². The fourth-order valence-corrected chi connectivity index (χ4v) is 3.82. The number of rotatable bonds is 5. The maximum atomic E-state index is 14.7. The van der Waals surface area contributed by atoms with E-state index < -0.39 is 17.5 Å². The van der Waals surface area contributed by atoms with Gasteiger partial charge in [-0.15, -0.1) is 0 Å². The largest absolute Gasteiger partial charge is 0.486 e. The summed E-state index contributed by atoms with van der Waals surface area (Å²) in [4.78, 5) is 0. The summed E-state index contributed by atoms with van der Waals surface area (Å²) < 4.78 is 49.0. The highest BCUT2D eigenvalue weighted by Crippen LogP contribution is 2.40. The predicted octanol–water partition coefficient (Wildman–Crippen LogP) is 6.51. The van der Waals surface area contributed by atoms with Gasteiger partial charge in [0.1, 0.15) is 6.61 Å². The summed E-state index contributed by atoms with van der Waals surface area (Å²) in [6, 6.07) is 4.64. The van der Waals surface area contributed by atoms with Crippen molar-refractivity contribution in [2.75, 3.05) is 6.61 Å². The van der Waals surface area contributed by atoms with Crippen molar-refractivity contribution in [3.8, 4) is 5.75 Å². The van der Waals surface area contributed by atoms with Gasteiger partial charge in [0.25, 0.3) is 0 Å². The summed E-state index contributed by atoms with van der Waals surface area (Å²) >= 11 is 0. The van der Waals surface area contributed by atoms with E-state index in [1.54, 1.807) is 12.1 Å². The van der Waals surface area contributed by atoms with Crippen molar-refractivity contribution in [1.29, 1.82) is 0 Å². The molecular weight excluding hydrogens is 325 g/mol. The smallest absolute Gasteiger partial charge is 0.175 e. The van der Waals surface area contributed by atoms with Crippen LogP contribution in [0.3, 0.4) is 0 Å². The lowest BCUT2D eigenvalue weighted by Gasteiger charge is -2.28. The molecule has 0 heterocycles. The van der Waals surface area contributed by atoms with Gasteiger partial charge < -0.3 is 4.74 Å². The molecule has 0 N–H and O–H groups in total. The zero-order valence-corrected chi connectivity index (χ0v) is 14.5. The Morgan fingerprint density at radius 1 is 1.08 bits per heavy atom. The Bertz CT molecular complexity index is 777. The van der Waals surface area contributed by atoms with E-state index in [0.29, 0.717) is 16.9 Å². The molecule has 0 aromatic heterocycles. The van der Waals surface area contributed by atoms with Crippen LogP contribution in [0.2, 0.25) is 0 Å². The van der Waals surface area contributed by atoms with E-state index in [1.807, 2.05) is 0 Å². The van der Waals surface area contributed by atoms with Crippen LogP contribution < -0.4 is 4.74 Å². The second-order valence-electron chi connectivity index (χ2n) is 6.80. The molecule has 3 rings (SSSR count). The Hall–Kier alpha value is -1.97. The van der Waals surface area contributed by atoms with E-state index in [9.17, 15) is 13.2 Å². The zero-order chi connectivity index (χ0) is 18.0. The van der Waals surface area contributed by atoms with Crippen LogP contribution in [-0.2, 0) is 0 Å². The molecule has 0 amide bonds. The van der Waals surface area contributed by atoms with Crippen LogP contribution in [0.5, 0.6) is 5.75 Å². The van der Waals surface area contributed by atoms with Crippen LogP contribution in [0.4, 0.5) is 13.2 Å². The number of fused-ring (bicyclic) bond motifs is 1. The first-order chi connectivity index (χ1) is 12.1. The predicted molar refractivity (Wildman–Crippen MR) is 94.5 cm³/mol. The highest BCUT2D eigenvalue weighted by Gasteiger charge is 2.27. The maximum absolute atomic E-state index is 14.7. The van der Waals surface area contributed by atoms with Crippen LogP contribution in [-0.4, -0.2) is 6.61 Å². The summed E-state index contributed by atoms with van der Waals surface area (Å²) in [5.41, 5.74) is 0.374. The number of hydrogen-bond acceptors (Lipinski definition) is 1. The Balaban J connectivity index is 2.00. The van der Waals surface area contributed by atoms with E-state index in [-0.39, 0.29) is 23.7 Å². The number of ether oxygens (including phenoxy) is 1. The van der Waals surface area contributed by atoms with E-state index in [2.05, 4.69) is 13.5 Å². The molecule has 1 aliphatic carbocycles. The fourth-order valence-electron chi connectivity index (χ4n) is 3.82. The third kappa shape index (κ3) is 3.39. The summed E-state index contributed by atoms with van der Waals surface area (Å²) in [5, 5.41) is 0.0278. The monoisotopic (exact) mass is 348 g/mol. The first-order valence-corrected chi connectivity index (χ1v) is 8.90. The molecule has 0 unspecified atom stereocenters. The molecular formula is C21H23F3O. The molecule has 0 spiro atoms. The first kappa shape index (κ1) is 17.8. The lowest BCUT2D eigenvalue weighted by Crippen LogP contribution is -2.14. The molecule has 134 valence electrons. The summed E-state index contributed by atoms with van der Waals surface area (Å²) in [6.07, 6.45) is 6.36. The van der Waals surface area contributed by atoms with Gasteiger partial charge in [0, 0.05) is 0 Å². The van der Waals surface area contributed by atoms with Gasteiger partial charge in [-0.1, -0.05) is 32.1 Å². The second kappa shape index (κ2) is 7.51. The SMILES string of the molecule is C=CCOc1ccc2cc(C3CCC(CC)CC3)c(F)c(F)c2c1F. The molecule has 0 radical (unpaired) electrons. The van der Waals surface area contributed by atoms with Gasteiger partial charge in [0.2, 0.25) is 0 Å². The third-order valence-electron chi connectivity index (χ3n) is 5.34. The van der Waals surface area contributed by atoms with Gasteiger partial charge in [0.15, 0.2) is 23.2 Å². The zero-order valence-electron chi connectivity index (χ0n) is 14.5. The number of benzene rings is 2. The van der Waals surface area contributed by atoms with Crippen LogP contribution in [0.1, 0.15) is 50.5 Å². The Morgan fingerprint density at radius 3 is 2.44 bits per heavy atom. The van der Waals surface area contributed by atoms with Crippen LogP contribution in [0, 0.1) is 23.4 Å². The van der Waals surface area contributed by atoms with Crippen molar-refractivity contribution >= 4 is 10.8 Å². The third-order valence-corrected chi connectivity index (χ3v) is 5.34. The topological polar surface area (TPSA) is 9.23 Å².